The molecule has 0 aliphatic heterocycles. The molecule has 0 aromatic heterocycles. The molecule has 108 valence electrons. The van der Waals surface area contributed by atoms with Gasteiger partial charge in [0.15, 0.2) is 5.96 Å². The number of unbranched alkanes of at least 4 members (excludes halogenated alkanes) is 1. The van der Waals surface area contributed by atoms with Crippen molar-refractivity contribution in [2.75, 3.05) is 19.3 Å². The number of rotatable bonds is 6. The van der Waals surface area contributed by atoms with E-state index in [2.05, 4.69) is 35.7 Å². The van der Waals surface area contributed by atoms with E-state index in [-0.39, 0.29) is 24.0 Å². The van der Waals surface area contributed by atoms with Crippen LogP contribution >= 0.6 is 35.7 Å². The number of hydrogen-bond donors (Lipinski definition) is 2. The zero-order valence-electron chi connectivity index (χ0n) is 11.9. The normalized spacial score (nSPS) is 23.6. The van der Waals surface area contributed by atoms with Crippen molar-refractivity contribution in [2.24, 2.45) is 4.99 Å². The van der Waals surface area contributed by atoms with Gasteiger partial charge >= 0.3 is 0 Å². The quantitative estimate of drug-likeness (QED) is 0.319. The molecule has 2 unspecified atom stereocenters. The summed E-state index contributed by atoms with van der Waals surface area (Å²) in [6.45, 7) is 6.20. The van der Waals surface area contributed by atoms with Crippen LogP contribution in [0.4, 0.5) is 0 Å². The molecule has 1 saturated carbocycles. The van der Waals surface area contributed by atoms with Crippen LogP contribution in [0.1, 0.15) is 46.0 Å². The molecule has 1 rings (SSSR count). The summed E-state index contributed by atoms with van der Waals surface area (Å²) in [7, 11) is 0. The van der Waals surface area contributed by atoms with Gasteiger partial charge in [-0.15, -0.1) is 24.0 Å². The van der Waals surface area contributed by atoms with Crippen molar-refractivity contribution in [3.63, 3.8) is 0 Å². The Morgan fingerprint density at radius 3 is 2.67 bits per heavy atom. The van der Waals surface area contributed by atoms with E-state index < -0.39 is 0 Å². The van der Waals surface area contributed by atoms with Crippen LogP contribution in [0.25, 0.3) is 0 Å². The molecule has 0 saturated heterocycles. The number of guanidine groups is 1. The number of halogens is 1. The first-order valence-electron chi connectivity index (χ1n) is 6.87. The molecule has 2 atom stereocenters. The lowest BCUT2D eigenvalue weighted by Crippen LogP contribution is -2.42. The van der Waals surface area contributed by atoms with Gasteiger partial charge in [0, 0.05) is 24.4 Å². The predicted octanol–water partition coefficient (Wildman–Crippen LogP) is 3.24. The van der Waals surface area contributed by atoms with Crippen LogP contribution in [0, 0.1) is 0 Å². The Balaban J connectivity index is 0.00000289. The summed E-state index contributed by atoms with van der Waals surface area (Å²) >= 11 is 2.00. The monoisotopic (exact) mass is 385 g/mol. The Morgan fingerprint density at radius 1 is 1.33 bits per heavy atom. The molecule has 0 amide bonds. The molecular weight excluding hydrogens is 357 g/mol. The van der Waals surface area contributed by atoms with Crippen LogP contribution < -0.4 is 10.6 Å². The fraction of sp³-hybridized carbons (Fsp3) is 0.923. The Bertz CT molecular complexity index is 236. The third-order valence-corrected chi connectivity index (χ3v) is 4.28. The van der Waals surface area contributed by atoms with E-state index in [1.807, 2.05) is 11.8 Å². The van der Waals surface area contributed by atoms with Gasteiger partial charge in [0.05, 0.1) is 0 Å². The average Bonchev–Trinajstić information content (AvgIpc) is 2.77. The van der Waals surface area contributed by atoms with Gasteiger partial charge in [-0.1, -0.05) is 13.3 Å². The van der Waals surface area contributed by atoms with E-state index in [0.717, 1.165) is 24.3 Å². The Kier molecular flexibility index (Phi) is 11.4. The van der Waals surface area contributed by atoms with Gasteiger partial charge in [0.2, 0.25) is 0 Å². The molecule has 2 N–H and O–H groups in total. The highest BCUT2D eigenvalue weighted by Crippen LogP contribution is 2.27. The van der Waals surface area contributed by atoms with Crippen molar-refractivity contribution in [3.05, 3.63) is 0 Å². The van der Waals surface area contributed by atoms with Gasteiger partial charge in [0.1, 0.15) is 0 Å². The van der Waals surface area contributed by atoms with Crippen molar-refractivity contribution in [3.8, 4) is 0 Å². The molecule has 1 fully saturated rings. The van der Waals surface area contributed by atoms with E-state index >= 15 is 0 Å². The van der Waals surface area contributed by atoms with E-state index in [1.165, 1.54) is 32.1 Å². The number of nitrogens with zero attached hydrogens (tertiary/aromatic N) is 1. The number of hydrogen-bond acceptors (Lipinski definition) is 2. The van der Waals surface area contributed by atoms with E-state index in [0.29, 0.717) is 6.04 Å². The second-order valence-corrected chi connectivity index (χ2v) is 5.76. The molecule has 18 heavy (non-hydrogen) atoms. The largest absolute Gasteiger partial charge is 0.357 e. The van der Waals surface area contributed by atoms with Gasteiger partial charge < -0.3 is 10.6 Å². The summed E-state index contributed by atoms with van der Waals surface area (Å²) in [4.78, 5) is 4.61. The van der Waals surface area contributed by atoms with Crippen LogP contribution in [-0.4, -0.2) is 36.6 Å². The highest BCUT2D eigenvalue weighted by Gasteiger charge is 2.24. The Hall–Kier alpha value is 0.350. The topological polar surface area (TPSA) is 36.4 Å². The lowest BCUT2D eigenvalue weighted by molar-refractivity contribution is 0.614. The Morgan fingerprint density at radius 2 is 2.11 bits per heavy atom. The zero-order valence-corrected chi connectivity index (χ0v) is 15.0. The van der Waals surface area contributed by atoms with Crippen molar-refractivity contribution in [1.29, 1.82) is 0 Å². The third-order valence-electron chi connectivity index (χ3n) is 3.18. The summed E-state index contributed by atoms with van der Waals surface area (Å²) in [6.07, 6.45) is 8.50. The molecule has 1 aliphatic rings. The van der Waals surface area contributed by atoms with E-state index in [1.54, 1.807) is 0 Å². The zero-order chi connectivity index (χ0) is 12.5. The lowest BCUT2D eigenvalue weighted by Gasteiger charge is -2.17. The van der Waals surface area contributed by atoms with Crippen LogP contribution in [0.3, 0.4) is 0 Å². The summed E-state index contributed by atoms with van der Waals surface area (Å²) in [5.74, 6) is 1.01. The maximum absolute atomic E-state index is 4.61. The van der Waals surface area contributed by atoms with Crippen molar-refractivity contribution >= 4 is 41.7 Å². The molecule has 1 aliphatic carbocycles. The highest BCUT2D eigenvalue weighted by atomic mass is 127. The van der Waals surface area contributed by atoms with E-state index in [4.69, 9.17) is 0 Å². The number of aliphatic imine (C=N–C) groups is 1. The van der Waals surface area contributed by atoms with Crippen molar-refractivity contribution in [2.45, 2.75) is 57.2 Å². The first-order chi connectivity index (χ1) is 8.30. The minimum atomic E-state index is 0. The first kappa shape index (κ1) is 18.4. The molecule has 0 heterocycles. The average molecular weight is 385 g/mol. The van der Waals surface area contributed by atoms with Crippen molar-refractivity contribution < 1.29 is 0 Å². The minimum absolute atomic E-state index is 0. The van der Waals surface area contributed by atoms with Gasteiger partial charge in [-0.2, -0.15) is 11.8 Å². The third kappa shape index (κ3) is 7.07. The maximum atomic E-state index is 4.61. The van der Waals surface area contributed by atoms with E-state index in [9.17, 15) is 0 Å². The standard InChI is InChI=1S/C13H27N3S.HI/c1-4-6-9-15-13(14-5-2)16-11-7-8-12(10-11)17-3;/h11-12H,4-10H2,1-3H3,(H2,14,15,16);1H. The fourth-order valence-electron chi connectivity index (χ4n) is 2.15. The number of thioether (sulfide) groups is 1. The van der Waals surface area contributed by atoms with Gasteiger partial charge in [-0.25, -0.2) is 0 Å². The summed E-state index contributed by atoms with van der Waals surface area (Å²) < 4.78 is 0. The highest BCUT2D eigenvalue weighted by molar-refractivity contribution is 14.0. The summed E-state index contributed by atoms with van der Waals surface area (Å²) in [5, 5.41) is 7.74. The molecule has 0 aromatic rings. The van der Waals surface area contributed by atoms with Gasteiger partial charge in [0.25, 0.3) is 0 Å². The van der Waals surface area contributed by atoms with Crippen LogP contribution in [0.15, 0.2) is 4.99 Å². The second-order valence-electron chi connectivity index (χ2n) is 4.63. The summed E-state index contributed by atoms with van der Waals surface area (Å²) in [5.41, 5.74) is 0. The van der Waals surface area contributed by atoms with Crippen molar-refractivity contribution in [1.82, 2.24) is 10.6 Å². The SMILES string of the molecule is CCCCN=C(NCC)NC1CCC(SC)C1.I. The second kappa shape index (κ2) is 11.2. The lowest BCUT2D eigenvalue weighted by atomic mass is 10.2. The fourth-order valence-corrected chi connectivity index (χ4v) is 2.94. The molecular formula is C13H28IN3S. The summed E-state index contributed by atoms with van der Waals surface area (Å²) in [6, 6.07) is 0.617. The number of nitrogens with one attached hydrogen (secondary N) is 2. The van der Waals surface area contributed by atoms with Crippen LogP contribution in [0.5, 0.6) is 0 Å². The molecule has 0 radical (unpaired) electrons. The van der Waals surface area contributed by atoms with Crippen LogP contribution in [-0.2, 0) is 0 Å². The Labute approximate surface area is 133 Å². The molecule has 0 spiro atoms. The molecule has 3 nitrogen and oxygen atoms in total. The van der Waals surface area contributed by atoms with Gasteiger partial charge in [-0.05, 0) is 38.9 Å². The van der Waals surface area contributed by atoms with Gasteiger partial charge in [-0.3, -0.25) is 4.99 Å². The predicted molar refractivity (Wildman–Crippen MR) is 94.4 cm³/mol. The van der Waals surface area contributed by atoms with Crippen LogP contribution in [0.2, 0.25) is 0 Å². The first-order valence-corrected chi connectivity index (χ1v) is 8.16. The molecule has 0 bridgehead atoms. The smallest absolute Gasteiger partial charge is 0.191 e. The molecule has 0 aromatic carbocycles. The maximum Gasteiger partial charge on any atom is 0.191 e. The minimum Gasteiger partial charge on any atom is -0.357 e. The molecule has 5 heteroatoms.